The van der Waals surface area contributed by atoms with E-state index in [0.29, 0.717) is 63.7 Å². The van der Waals surface area contributed by atoms with Gasteiger partial charge < -0.3 is 49.1 Å². The third-order valence-electron chi connectivity index (χ3n) is 9.48. The highest BCUT2D eigenvalue weighted by molar-refractivity contribution is 5.36. The standard InChI is InChI=1S/C48H70N2O9/c1-8-17-40-20-11-14-23-46(40)57-33-43(51)26-49-36(4)29-54-31-38(6)56-32-39(7)55-30-37(5)50(27-44(52)34-58-47-24-15-12-21-41(47)18-9-2)28-45(53)35-59-48-25-16-13-22-42(48)19-10-3/h8-16,20-25,36-39,43-45,49,51-53H,1-3,17-19,26-35H2,4-7H3. The Hall–Kier alpha value is -4.04. The van der Waals surface area contributed by atoms with Crippen LogP contribution in [0, 0.1) is 0 Å². The summed E-state index contributed by atoms with van der Waals surface area (Å²) in [6.45, 7) is 22.2. The van der Waals surface area contributed by atoms with Gasteiger partial charge in [-0.3, -0.25) is 4.90 Å². The van der Waals surface area contributed by atoms with Crippen molar-refractivity contribution in [1.82, 2.24) is 10.2 Å². The predicted octanol–water partition coefficient (Wildman–Crippen LogP) is 5.99. The summed E-state index contributed by atoms with van der Waals surface area (Å²) in [6, 6.07) is 23.1. The first kappa shape index (κ1) is 49.3. The lowest BCUT2D eigenvalue weighted by atomic mass is 10.1. The number of rotatable bonds is 33. The van der Waals surface area contributed by atoms with E-state index in [1.807, 2.05) is 124 Å². The molecule has 11 heteroatoms. The van der Waals surface area contributed by atoms with Crippen molar-refractivity contribution in [2.75, 3.05) is 65.9 Å². The Bertz CT molecular complexity index is 1560. The monoisotopic (exact) mass is 819 g/mol. The number of nitrogens with zero attached hydrogens (tertiary/aromatic N) is 1. The van der Waals surface area contributed by atoms with Crippen molar-refractivity contribution in [2.45, 2.75) is 89.6 Å². The maximum absolute atomic E-state index is 11.1. The van der Waals surface area contributed by atoms with Crippen LogP contribution in [0.25, 0.3) is 0 Å². The Balaban J connectivity index is 1.42. The largest absolute Gasteiger partial charge is 0.491 e. The van der Waals surface area contributed by atoms with E-state index in [-0.39, 0.29) is 57.2 Å². The molecular formula is C48H70N2O9. The lowest BCUT2D eigenvalue weighted by Crippen LogP contribution is -2.48. The van der Waals surface area contributed by atoms with Crippen molar-refractivity contribution in [3.05, 3.63) is 127 Å². The molecule has 0 aliphatic rings. The fourth-order valence-electron chi connectivity index (χ4n) is 6.22. The number of nitrogens with one attached hydrogen (secondary N) is 1. The average Bonchev–Trinajstić information content (AvgIpc) is 3.23. The third kappa shape index (κ3) is 19.7. The molecule has 7 atom stereocenters. The van der Waals surface area contributed by atoms with Crippen molar-refractivity contribution >= 4 is 0 Å². The van der Waals surface area contributed by atoms with Crippen LogP contribution in [-0.2, 0) is 33.5 Å². The van der Waals surface area contributed by atoms with Crippen LogP contribution in [0.1, 0.15) is 44.4 Å². The lowest BCUT2D eigenvalue weighted by molar-refractivity contribution is -0.0716. The first-order valence-electron chi connectivity index (χ1n) is 20.8. The molecule has 0 heterocycles. The van der Waals surface area contributed by atoms with E-state index in [1.54, 1.807) is 0 Å². The molecule has 59 heavy (non-hydrogen) atoms. The smallest absolute Gasteiger partial charge is 0.122 e. The Kier molecular flexibility index (Phi) is 23.8. The van der Waals surface area contributed by atoms with Crippen LogP contribution in [0.4, 0.5) is 0 Å². The lowest BCUT2D eigenvalue weighted by Gasteiger charge is -2.33. The summed E-state index contributed by atoms with van der Waals surface area (Å²) in [5.41, 5.74) is 3.03. The number of aliphatic hydroxyl groups is 3. The number of ether oxygens (including phenoxy) is 6. The van der Waals surface area contributed by atoms with E-state index in [4.69, 9.17) is 28.4 Å². The Morgan fingerprint density at radius 1 is 0.542 bits per heavy atom. The van der Waals surface area contributed by atoms with Gasteiger partial charge in [-0.05, 0) is 81.8 Å². The van der Waals surface area contributed by atoms with Crippen molar-refractivity contribution < 1.29 is 43.7 Å². The van der Waals surface area contributed by atoms with E-state index in [1.165, 1.54) is 0 Å². The van der Waals surface area contributed by atoms with Gasteiger partial charge in [0.05, 0.1) is 38.6 Å². The molecule has 11 nitrogen and oxygen atoms in total. The summed E-state index contributed by atoms with van der Waals surface area (Å²) < 4.78 is 36.0. The van der Waals surface area contributed by atoms with Crippen LogP contribution in [-0.4, -0.2) is 129 Å². The minimum absolute atomic E-state index is 0.0212. The second kappa shape index (κ2) is 28.4. The number of benzene rings is 3. The summed E-state index contributed by atoms with van der Waals surface area (Å²) in [4.78, 5) is 2.00. The zero-order valence-electron chi connectivity index (χ0n) is 35.8. The summed E-state index contributed by atoms with van der Waals surface area (Å²) >= 11 is 0. The molecule has 0 amide bonds. The SMILES string of the molecule is C=CCc1ccccc1OCC(O)CNC(C)COCC(C)OCC(C)OCC(C)N(CC(O)COc1ccccc1CC=C)CC(O)COc1ccccc1CC=C. The molecular weight excluding hydrogens is 749 g/mol. The number of allylic oxidation sites excluding steroid dienone is 3. The molecule has 0 radical (unpaired) electrons. The zero-order valence-corrected chi connectivity index (χ0v) is 35.8. The normalized spacial score (nSPS) is 15.1. The van der Waals surface area contributed by atoms with Gasteiger partial charge in [-0.1, -0.05) is 72.8 Å². The molecule has 0 spiro atoms. The van der Waals surface area contributed by atoms with Gasteiger partial charge in [-0.25, -0.2) is 0 Å². The van der Waals surface area contributed by atoms with Gasteiger partial charge in [0.15, 0.2) is 0 Å². The second-order valence-electron chi connectivity index (χ2n) is 15.1. The van der Waals surface area contributed by atoms with Gasteiger partial charge in [0.25, 0.3) is 0 Å². The third-order valence-corrected chi connectivity index (χ3v) is 9.48. The summed E-state index contributed by atoms with van der Waals surface area (Å²) in [6.07, 6.45) is 4.81. The maximum atomic E-state index is 11.1. The van der Waals surface area contributed by atoms with Gasteiger partial charge in [-0.2, -0.15) is 0 Å². The van der Waals surface area contributed by atoms with Crippen LogP contribution in [0.2, 0.25) is 0 Å². The molecule has 3 aromatic rings. The van der Waals surface area contributed by atoms with E-state index < -0.39 is 18.3 Å². The first-order valence-corrected chi connectivity index (χ1v) is 20.8. The van der Waals surface area contributed by atoms with Crippen molar-refractivity contribution in [2.24, 2.45) is 0 Å². The molecule has 4 N–H and O–H groups in total. The summed E-state index contributed by atoms with van der Waals surface area (Å²) in [5.74, 6) is 2.17. The highest BCUT2D eigenvalue weighted by atomic mass is 16.6. The Morgan fingerprint density at radius 3 is 1.41 bits per heavy atom. The molecule has 0 saturated heterocycles. The zero-order chi connectivity index (χ0) is 42.8. The van der Waals surface area contributed by atoms with Crippen LogP contribution in [0.15, 0.2) is 111 Å². The van der Waals surface area contributed by atoms with Gasteiger partial charge in [0.2, 0.25) is 0 Å². The van der Waals surface area contributed by atoms with Crippen LogP contribution < -0.4 is 19.5 Å². The molecule has 326 valence electrons. The predicted molar refractivity (Wildman–Crippen MR) is 236 cm³/mol. The molecule has 3 aromatic carbocycles. The highest BCUT2D eigenvalue weighted by Crippen LogP contribution is 2.21. The summed E-state index contributed by atoms with van der Waals surface area (Å²) in [7, 11) is 0. The minimum Gasteiger partial charge on any atom is -0.491 e. The van der Waals surface area contributed by atoms with Gasteiger partial charge in [-0.15, -0.1) is 19.7 Å². The van der Waals surface area contributed by atoms with E-state index >= 15 is 0 Å². The fourth-order valence-corrected chi connectivity index (χ4v) is 6.22. The molecule has 0 fully saturated rings. The van der Waals surface area contributed by atoms with Crippen molar-refractivity contribution in [1.29, 1.82) is 0 Å². The summed E-state index contributed by atoms with van der Waals surface area (Å²) in [5, 5.41) is 36.0. The van der Waals surface area contributed by atoms with Gasteiger partial charge in [0, 0.05) is 31.7 Å². The molecule has 3 rings (SSSR count). The quantitative estimate of drug-likeness (QED) is 0.0542. The molecule has 0 bridgehead atoms. The first-order chi connectivity index (χ1) is 28.5. The Labute approximate surface area is 353 Å². The fraction of sp³-hybridized carbons (Fsp3) is 0.500. The van der Waals surface area contributed by atoms with E-state index in [0.717, 1.165) is 22.4 Å². The van der Waals surface area contributed by atoms with Gasteiger partial charge >= 0.3 is 0 Å². The number of hydrogen-bond acceptors (Lipinski definition) is 11. The molecule has 0 aromatic heterocycles. The van der Waals surface area contributed by atoms with E-state index in [9.17, 15) is 15.3 Å². The highest BCUT2D eigenvalue weighted by Gasteiger charge is 2.23. The van der Waals surface area contributed by atoms with E-state index in [2.05, 4.69) is 25.1 Å². The molecule has 0 aliphatic carbocycles. The number of para-hydroxylation sites is 3. The molecule has 0 aliphatic heterocycles. The van der Waals surface area contributed by atoms with Crippen molar-refractivity contribution in [3.8, 4) is 17.2 Å². The Morgan fingerprint density at radius 2 is 0.949 bits per heavy atom. The molecule has 7 unspecified atom stereocenters. The maximum Gasteiger partial charge on any atom is 0.122 e. The average molecular weight is 819 g/mol. The molecule has 0 saturated carbocycles. The number of hydrogen-bond donors (Lipinski definition) is 4. The van der Waals surface area contributed by atoms with Crippen LogP contribution in [0.3, 0.4) is 0 Å². The van der Waals surface area contributed by atoms with Crippen molar-refractivity contribution in [3.63, 3.8) is 0 Å². The van der Waals surface area contributed by atoms with Crippen LogP contribution >= 0.6 is 0 Å². The second-order valence-corrected chi connectivity index (χ2v) is 15.1. The topological polar surface area (TPSA) is 131 Å². The van der Waals surface area contributed by atoms with Crippen LogP contribution in [0.5, 0.6) is 17.2 Å². The minimum atomic E-state index is -0.829. The number of aliphatic hydroxyl groups excluding tert-OH is 3. The van der Waals surface area contributed by atoms with Gasteiger partial charge in [0.1, 0.15) is 55.4 Å².